The summed E-state index contributed by atoms with van der Waals surface area (Å²) >= 11 is 8.14. The average molecular weight is 492 g/mol. The van der Waals surface area contributed by atoms with Crippen molar-refractivity contribution >= 4 is 44.9 Å². The molecule has 0 spiro atoms. The minimum absolute atomic E-state index is 0.198. The number of hydrogen-bond donors (Lipinski definition) is 5. The fourth-order valence-corrected chi connectivity index (χ4v) is 5.49. The third-order valence-electron chi connectivity index (χ3n) is 6.04. The Morgan fingerprint density at radius 3 is 2.64 bits per heavy atom. The molecule has 1 fully saturated rings. The number of aromatic nitrogens is 3. The normalized spacial score (nSPS) is 22.7. The quantitative estimate of drug-likeness (QED) is 0.213. The highest BCUT2D eigenvalue weighted by Gasteiger charge is 2.41. The minimum Gasteiger partial charge on any atom is -0.396 e. The zero-order valence-corrected chi connectivity index (χ0v) is 20.1. The lowest BCUT2D eigenvalue weighted by atomic mass is 10.1. The van der Waals surface area contributed by atoms with Gasteiger partial charge in [-0.25, -0.2) is 9.97 Å². The number of halogens is 1. The molecule has 0 aliphatic heterocycles. The zero-order chi connectivity index (χ0) is 23.4. The van der Waals surface area contributed by atoms with Crippen LogP contribution in [0.15, 0.2) is 24.3 Å². The molecule has 0 radical (unpaired) electrons. The lowest BCUT2D eigenvalue weighted by Gasteiger charge is -2.21. The van der Waals surface area contributed by atoms with Crippen LogP contribution in [-0.2, 0) is 0 Å². The molecule has 10 heteroatoms. The van der Waals surface area contributed by atoms with Crippen LogP contribution in [-0.4, -0.2) is 61.7 Å². The van der Waals surface area contributed by atoms with Gasteiger partial charge in [0.05, 0.1) is 27.9 Å². The molecular formula is C23H30ClN5O3S. The standard InChI is InChI=1S/C23H30ClN5O3S/c1-2-3-4-7-10-25-23-28-20(24)17(22-27-14-8-5-6-9-16(14)33-22)21(29-23)26-15-11-13(12-30)18(31)19(15)32/h5-6,8-9,13,15,18-19,30-32H,2-4,7,10-12H2,1H3,(H2,25,26,28,29)/t13-,15-,18-,19+/m1/s1. The van der Waals surface area contributed by atoms with E-state index in [2.05, 4.69) is 27.5 Å². The van der Waals surface area contributed by atoms with E-state index in [1.165, 1.54) is 17.8 Å². The Morgan fingerprint density at radius 2 is 1.91 bits per heavy atom. The predicted octanol–water partition coefficient (Wildman–Crippen LogP) is 3.91. The first-order valence-electron chi connectivity index (χ1n) is 11.4. The highest BCUT2D eigenvalue weighted by Crippen LogP contribution is 2.39. The van der Waals surface area contributed by atoms with E-state index >= 15 is 0 Å². The van der Waals surface area contributed by atoms with Crippen LogP contribution in [0, 0.1) is 5.92 Å². The molecule has 8 nitrogen and oxygen atoms in total. The molecular weight excluding hydrogens is 462 g/mol. The topological polar surface area (TPSA) is 123 Å². The number of anilines is 2. The molecule has 1 aliphatic carbocycles. The lowest BCUT2D eigenvalue weighted by Crippen LogP contribution is -2.35. The van der Waals surface area contributed by atoms with E-state index in [1.807, 2.05) is 24.3 Å². The first kappa shape index (κ1) is 24.1. The van der Waals surface area contributed by atoms with Crippen molar-refractivity contribution in [3.8, 4) is 10.6 Å². The Morgan fingerprint density at radius 1 is 1.09 bits per heavy atom. The number of benzene rings is 1. The van der Waals surface area contributed by atoms with Gasteiger partial charge in [-0.15, -0.1) is 11.3 Å². The number of fused-ring (bicyclic) bond motifs is 1. The first-order valence-corrected chi connectivity index (χ1v) is 12.6. The Kier molecular flexibility index (Phi) is 7.98. The fourth-order valence-electron chi connectivity index (χ4n) is 4.16. The molecule has 1 aromatic carbocycles. The van der Waals surface area contributed by atoms with Crippen LogP contribution in [0.1, 0.15) is 39.0 Å². The van der Waals surface area contributed by atoms with Crippen molar-refractivity contribution in [3.63, 3.8) is 0 Å². The summed E-state index contributed by atoms with van der Waals surface area (Å²) in [4.78, 5) is 13.8. The molecule has 3 aromatic rings. The maximum Gasteiger partial charge on any atom is 0.226 e. The Bertz CT molecular complexity index is 1050. The van der Waals surface area contributed by atoms with Gasteiger partial charge in [-0.1, -0.05) is 49.9 Å². The average Bonchev–Trinajstić information content (AvgIpc) is 3.34. The molecule has 1 aliphatic rings. The summed E-state index contributed by atoms with van der Waals surface area (Å²) in [5.41, 5.74) is 1.41. The number of aliphatic hydroxyl groups excluding tert-OH is 3. The minimum atomic E-state index is -1.04. The van der Waals surface area contributed by atoms with E-state index in [0.717, 1.165) is 36.0 Å². The van der Waals surface area contributed by atoms with Crippen molar-refractivity contribution in [1.82, 2.24) is 15.0 Å². The van der Waals surface area contributed by atoms with E-state index in [4.69, 9.17) is 16.6 Å². The number of para-hydroxylation sites is 1. The largest absolute Gasteiger partial charge is 0.396 e. The molecule has 0 unspecified atom stereocenters. The molecule has 2 heterocycles. The van der Waals surface area contributed by atoms with Gasteiger partial charge in [-0.2, -0.15) is 4.98 Å². The van der Waals surface area contributed by atoms with Crippen molar-refractivity contribution in [3.05, 3.63) is 29.4 Å². The third kappa shape index (κ3) is 5.38. The number of hydrogen-bond acceptors (Lipinski definition) is 9. The van der Waals surface area contributed by atoms with Gasteiger partial charge in [0, 0.05) is 19.1 Å². The summed E-state index contributed by atoms with van der Waals surface area (Å²) < 4.78 is 1.02. The van der Waals surface area contributed by atoms with Crippen molar-refractivity contribution in [2.75, 3.05) is 23.8 Å². The summed E-state index contributed by atoms with van der Waals surface area (Å²) in [5.74, 6) is 0.437. The zero-order valence-electron chi connectivity index (χ0n) is 18.5. The molecule has 33 heavy (non-hydrogen) atoms. The summed E-state index contributed by atoms with van der Waals surface area (Å²) in [6.07, 6.45) is 2.83. The van der Waals surface area contributed by atoms with Crippen LogP contribution in [0.4, 0.5) is 11.8 Å². The van der Waals surface area contributed by atoms with Crippen LogP contribution >= 0.6 is 22.9 Å². The molecule has 4 rings (SSSR count). The van der Waals surface area contributed by atoms with E-state index in [1.54, 1.807) is 0 Å². The van der Waals surface area contributed by atoms with Crippen molar-refractivity contribution < 1.29 is 15.3 Å². The van der Waals surface area contributed by atoms with Gasteiger partial charge in [-0.3, -0.25) is 0 Å². The van der Waals surface area contributed by atoms with Crippen LogP contribution < -0.4 is 10.6 Å². The number of nitrogens with zero attached hydrogens (tertiary/aromatic N) is 3. The Labute approximate surface area is 202 Å². The number of rotatable bonds is 10. The number of aliphatic hydroxyl groups is 3. The van der Waals surface area contributed by atoms with E-state index in [9.17, 15) is 15.3 Å². The highest BCUT2D eigenvalue weighted by atomic mass is 35.5. The lowest BCUT2D eigenvalue weighted by molar-refractivity contribution is 0.00446. The van der Waals surface area contributed by atoms with E-state index in [0.29, 0.717) is 28.8 Å². The highest BCUT2D eigenvalue weighted by molar-refractivity contribution is 7.21. The monoisotopic (exact) mass is 491 g/mol. The fraction of sp³-hybridized carbons (Fsp3) is 0.522. The Hall–Kier alpha value is -2.04. The van der Waals surface area contributed by atoms with Crippen molar-refractivity contribution in [2.45, 2.75) is 57.3 Å². The van der Waals surface area contributed by atoms with Crippen LogP contribution in [0.25, 0.3) is 20.8 Å². The summed E-state index contributed by atoms with van der Waals surface area (Å²) in [7, 11) is 0. The number of unbranched alkanes of at least 4 members (excludes halogenated alkanes) is 3. The van der Waals surface area contributed by atoms with Gasteiger partial charge >= 0.3 is 0 Å². The second kappa shape index (κ2) is 10.9. The second-order valence-corrected chi connectivity index (χ2v) is 9.83. The molecule has 1 saturated carbocycles. The molecule has 0 bridgehead atoms. The Balaban J connectivity index is 1.65. The molecule has 178 valence electrons. The maximum absolute atomic E-state index is 10.5. The maximum atomic E-state index is 10.5. The van der Waals surface area contributed by atoms with Gasteiger partial charge in [-0.05, 0) is 25.0 Å². The third-order valence-corrected chi connectivity index (χ3v) is 7.37. The summed E-state index contributed by atoms with van der Waals surface area (Å²) in [6.45, 7) is 2.70. The van der Waals surface area contributed by atoms with E-state index in [-0.39, 0.29) is 11.8 Å². The SMILES string of the molecule is CCCCCCNc1nc(Cl)c(-c2nc3ccccc3s2)c(N[C@@H]2C[C@H](CO)[C@@H](O)[C@H]2O)n1. The van der Waals surface area contributed by atoms with Gasteiger partial charge in [0.15, 0.2) is 0 Å². The van der Waals surface area contributed by atoms with E-state index < -0.39 is 24.2 Å². The summed E-state index contributed by atoms with van der Waals surface area (Å²) in [6, 6.07) is 7.33. The second-order valence-electron chi connectivity index (χ2n) is 8.45. The molecule has 4 atom stereocenters. The molecule has 0 amide bonds. The smallest absolute Gasteiger partial charge is 0.226 e. The predicted molar refractivity (Wildman–Crippen MR) is 133 cm³/mol. The first-order chi connectivity index (χ1) is 16.0. The number of thiazole rings is 1. The van der Waals surface area contributed by atoms with Crippen LogP contribution in [0.2, 0.25) is 5.15 Å². The van der Waals surface area contributed by atoms with Gasteiger partial charge in [0.25, 0.3) is 0 Å². The number of nitrogens with one attached hydrogen (secondary N) is 2. The van der Waals surface area contributed by atoms with Gasteiger partial charge in [0.1, 0.15) is 22.1 Å². The van der Waals surface area contributed by atoms with Gasteiger partial charge in [0.2, 0.25) is 5.95 Å². The summed E-state index contributed by atoms with van der Waals surface area (Å²) in [5, 5.41) is 37.7. The molecule has 5 N–H and O–H groups in total. The van der Waals surface area contributed by atoms with Crippen molar-refractivity contribution in [1.29, 1.82) is 0 Å². The van der Waals surface area contributed by atoms with Gasteiger partial charge < -0.3 is 26.0 Å². The van der Waals surface area contributed by atoms with Crippen LogP contribution in [0.5, 0.6) is 0 Å². The molecule has 2 aromatic heterocycles. The molecule has 0 saturated heterocycles. The van der Waals surface area contributed by atoms with Crippen molar-refractivity contribution in [2.24, 2.45) is 5.92 Å². The van der Waals surface area contributed by atoms with Crippen LogP contribution in [0.3, 0.4) is 0 Å².